The molecule has 0 aliphatic heterocycles. The van der Waals surface area contributed by atoms with E-state index in [9.17, 15) is 14.9 Å². The summed E-state index contributed by atoms with van der Waals surface area (Å²) in [4.78, 5) is 23.3. The van der Waals surface area contributed by atoms with Crippen molar-refractivity contribution in [3.05, 3.63) is 63.2 Å². The highest BCUT2D eigenvalue weighted by molar-refractivity contribution is 6.34. The number of nitro groups is 1. The molecule has 0 saturated heterocycles. The quantitative estimate of drug-likeness (QED) is 0.554. The van der Waals surface area contributed by atoms with Crippen molar-refractivity contribution in [3.63, 3.8) is 0 Å². The van der Waals surface area contributed by atoms with Gasteiger partial charge in [0.2, 0.25) is 0 Å². The summed E-state index contributed by atoms with van der Waals surface area (Å²) >= 11 is 6.17. The fourth-order valence-corrected chi connectivity index (χ4v) is 3.38. The number of halogens is 1. The van der Waals surface area contributed by atoms with Gasteiger partial charge in [0, 0.05) is 17.7 Å². The van der Waals surface area contributed by atoms with Gasteiger partial charge in [0.15, 0.2) is 0 Å². The lowest BCUT2D eigenvalue weighted by atomic mass is 9.95. The third kappa shape index (κ3) is 4.32. The Balaban J connectivity index is 1.86. The number of benzene rings is 2. The van der Waals surface area contributed by atoms with E-state index in [0.717, 1.165) is 25.7 Å². The summed E-state index contributed by atoms with van der Waals surface area (Å²) in [6.45, 7) is 0. The van der Waals surface area contributed by atoms with Crippen LogP contribution in [0.25, 0.3) is 0 Å². The van der Waals surface area contributed by atoms with E-state index in [4.69, 9.17) is 11.6 Å². The average Bonchev–Trinajstić information content (AvgIpc) is 2.65. The number of anilines is 2. The minimum absolute atomic E-state index is 0.0849. The van der Waals surface area contributed by atoms with E-state index in [0.29, 0.717) is 16.9 Å². The Kier molecular flexibility index (Phi) is 5.73. The Morgan fingerprint density at radius 2 is 1.77 bits per heavy atom. The number of carbonyl (C=O) groups is 1. The molecule has 3 rings (SSSR count). The maximum Gasteiger partial charge on any atom is 0.293 e. The van der Waals surface area contributed by atoms with Crippen molar-refractivity contribution in [2.45, 2.75) is 38.1 Å². The number of rotatable bonds is 5. The second kappa shape index (κ2) is 8.19. The molecule has 0 bridgehead atoms. The number of amides is 1. The van der Waals surface area contributed by atoms with Crippen LogP contribution in [-0.2, 0) is 0 Å². The number of carbonyl (C=O) groups excluding carboxylic acids is 1. The van der Waals surface area contributed by atoms with Crippen LogP contribution in [0.2, 0.25) is 5.02 Å². The van der Waals surface area contributed by atoms with Crippen molar-refractivity contribution in [2.24, 2.45) is 0 Å². The van der Waals surface area contributed by atoms with E-state index >= 15 is 0 Å². The van der Waals surface area contributed by atoms with Gasteiger partial charge in [-0.3, -0.25) is 14.9 Å². The van der Waals surface area contributed by atoms with E-state index < -0.39 is 4.92 Å². The van der Waals surface area contributed by atoms with Gasteiger partial charge < -0.3 is 10.6 Å². The molecule has 6 nitrogen and oxygen atoms in total. The van der Waals surface area contributed by atoms with Crippen molar-refractivity contribution in [2.75, 3.05) is 10.6 Å². The van der Waals surface area contributed by atoms with Crippen molar-refractivity contribution in [1.82, 2.24) is 0 Å². The van der Waals surface area contributed by atoms with Crippen LogP contribution in [0.4, 0.5) is 17.1 Å². The van der Waals surface area contributed by atoms with Crippen LogP contribution < -0.4 is 10.6 Å². The maximum absolute atomic E-state index is 12.4. The predicted molar refractivity (Wildman–Crippen MR) is 103 cm³/mol. The highest BCUT2D eigenvalue weighted by atomic mass is 35.5. The molecular weight excluding hydrogens is 354 g/mol. The first kappa shape index (κ1) is 18.2. The van der Waals surface area contributed by atoms with Crippen molar-refractivity contribution < 1.29 is 9.72 Å². The first-order chi connectivity index (χ1) is 12.5. The van der Waals surface area contributed by atoms with E-state index in [1.54, 1.807) is 30.3 Å². The minimum Gasteiger partial charge on any atom is -0.377 e. The molecular formula is C19H20ClN3O3. The third-order valence-corrected chi connectivity index (χ3v) is 4.84. The van der Waals surface area contributed by atoms with Crippen LogP contribution in [0.5, 0.6) is 0 Å². The van der Waals surface area contributed by atoms with Crippen LogP contribution in [0.1, 0.15) is 42.5 Å². The zero-order chi connectivity index (χ0) is 18.5. The van der Waals surface area contributed by atoms with E-state index in [-0.39, 0.29) is 22.7 Å². The van der Waals surface area contributed by atoms with Crippen LogP contribution in [0.3, 0.4) is 0 Å². The lowest BCUT2D eigenvalue weighted by molar-refractivity contribution is -0.384. The number of hydrogen-bond acceptors (Lipinski definition) is 4. The standard InChI is InChI=1S/C19H20ClN3O3/c20-15-11-18(23(25)26)17(21-14-9-5-2-6-10-14)12-16(15)22-19(24)13-7-3-1-4-8-13/h1,3-4,7-8,11-12,14,21H,2,5-6,9-10H2,(H,22,24). The van der Waals surface area contributed by atoms with Gasteiger partial charge in [-0.15, -0.1) is 0 Å². The van der Waals surface area contributed by atoms with Crippen LogP contribution >= 0.6 is 11.6 Å². The van der Waals surface area contributed by atoms with E-state index in [1.165, 1.54) is 12.5 Å². The molecule has 1 saturated carbocycles. The first-order valence-corrected chi connectivity index (χ1v) is 9.03. The summed E-state index contributed by atoms with van der Waals surface area (Å²) in [5.41, 5.74) is 1.14. The lowest BCUT2D eigenvalue weighted by Gasteiger charge is -2.24. The Labute approximate surface area is 156 Å². The normalized spacial score (nSPS) is 14.7. The van der Waals surface area contributed by atoms with Crippen LogP contribution in [0, 0.1) is 10.1 Å². The molecule has 0 heterocycles. The van der Waals surface area contributed by atoms with Gasteiger partial charge in [-0.2, -0.15) is 0 Å². The Bertz CT molecular complexity index is 805. The molecule has 136 valence electrons. The number of nitrogens with one attached hydrogen (secondary N) is 2. The molecule has 1 aliphatic carbocycles. The van der Waals surface area contributed by atoms with Gasteiger partial charge in [0.1, 0.15) is 5.69 Å². The zero-order valence-corrected chi connectivity index (χ0v) is 15.0. The smallest absolute Gasteiger partial charge is 0.293 e. The van der Waals surface area contributed by atoms with Gasteiger partial charge in [0.05, 0.1) is 15.6 Å². The SMILES string of the molecule is O=C(Nc1cc(NC2CCCCC2)c([N+](=O)[O-])cc1Cl)c1ccccc1. The summed E-state index contributed by atoms with van der Waals surface area (Å²) in [6, 6.07) is 11.8. The van der Waals surface area contributed by atoms with Crippen molar-refractivity contribution in [3.8, 4) is 0 Å². The Hall–Kier alpha value is -2.60. The minimum atomic E-state index is -0.458. The Morgan fingerprint density at radius 1 is 1.08 bits per heavy atom. The largest absolute Gasteiger partial charge is 0.377 e. The maximum atomic E-state index is 12.4. The summed E-state index contributed by atoms with van der Waals surface area (Å²) in [5.74, 6) is -0.315. The zero-order valence-electron chi connectivity index (χ0n) is 14.2. The van der Waals surface area contributed by atoms with Gasteiger partial charge in [0.25, 0.3) is 11.6 Å². The monoisotopic (exact) mass is 373 g/mol. The van der Waals surface area contributed by atoms with Crippen molar-refractivity contribution in [1.29, 1.82) is 0 Å². The number of hydrogen-bond donors (Lipinski definition) is 2. The Morgan fingerprint density at radius 3 is 2.42 bits per heavy atom. The van der Waals surface area contributed by atoms with E-state index in [2.05, 4.69) is 10.6 Å². The van der Waals surface area contributed by atoms with Crippen LogP contribution in [0.15, 0.2) is 42.5 Å². The van der Waals surface area contributed by atoms with E-state index in [1.807, 2.05) is 6.07 Å². The summed E-state index contributed by atoms with van der Waals surface area (Å²) < 4.78 is 0. The average molecular weight is 374 g/mol. The topological polar surface area (TPSA) is 84.3 Å². The highest BCUT2D eigenvalue weighted by Crippen LogP contribution is 2.36. The molecule has 0 atom stereocenters. The fraction of sp³-hybridized carbons (Fsp3) is 0.316. The molecule has 0 spiro atoms. The molecule has 2 aromatic carbocycles. The molecule has 2 N–H and O–H groups in total. The van der Waals surface area contributed by atoms with Gasteiger partial charge >= 0.3 is 0 Å². The molecule has 1 aliphatic rings. The molecule has 26 heavy (non-hydrogen) atoms. The summed E-state index contributed by atoms with van der Waals surface area (Å²) in [5, 5.41) is 17.5. The molecule has 7 heteroatoms. The first-order valence-electron chi connectivity index (χ1n) is 8.65. The molecule has 2 aromatic rings. The number of nitrogens with zero attached hydrogens (tertiary/aromatic N) is 1. The van der Waals surface area contributed by atoms with Crippen molar-refractivity contribution >= 4 is 34.6 Å². The third-order valence-electron chi connectivity index (χ3n) is 4.53. The van der Waals surface area contributed by atoms with Crippen LogP contribution in [-0.4, -0.2) is 16.9 Å². The fourth-order valence-electron chi connectivity index (χ4n) is 3.18. The van der Waals surface area contributed by atoms with Gasteiger partial charge in [-0.25, -0.2) is 0 Å². The second-order valence-corrected chi connectivity index (χ2v) is 6.81. The second-order valence-electron chi connectivity index (χ2n) is 6.41. The number of nitro benzene ring substituents is 1. The molecule has 0 radical (unpaired) electrons. The summed E-state index contributed by atoms with van der Waals surface area (Å²) in [7, 11) is 0. The molecule has 0 aromatic heterocycles. The lowest BCUT2D eigenvalue weighted by Crippen LogP contribution is -2.23. The molecule has 1 amide bonds. The predicted octanol–water partition coefficient (Wildman–Crippen LogP) is 5.25. The molecule has 0 unspecified atom stereocenters. The van der Waals surface area contributed by atoms with Gasteiger partial charge in [-0.05, 0) is 31.0 Å². The summed E-state index contributed by atoms with van der Waals surface area (Å²) in [6.07, 6.45) is 5.36. The highest BCUT2D eigenvalue weighted by Gasteiger charge is 2.22. The molecule has 1 fully saturated rings. The van der Waals surface area contributed by atoms with Gasteiger partial charge in [-0.1, -0.05) is 49.1 Å².